The highest BCUT2D eigenvalue weighted by Crippen LogP contribution is 2.21. The van der Waals surface area contributed by atoms with Crippen LogP contribution in [0.15, 0.2) is 0 Å². The topological polar surface area (TPSA) is 92.9 Å². The lowest BCUT2D eigenvalue weighted by molar-refractivity contribution is -0.146. The smallest absolute Gasteiger partial charge is 0.323 e. The highest BCUT2D eigenvalue weighted by atomic mass is 16.5. The van der Waals surface area contributed by atoms with E-state index in [4.69, 9.17) is 15.6 Å². The lowest BCUT2D eigenvalue weighted by Gasteiger charge is -2.35. The quantitative estimate of drug-likeness (QED) is 0.667. The molecule has 98 valence electrons. The van der Waals surface area contributed by atoms with E-state index in [1.807, 2.05) is 4.90 Å². The Hall–Kier alpha value is -1.14. The van der Waals surface area contributed by atoms with E-state index in [0.29, 0.717) is 25.4 Å². The van der Waals surface area contributed by atoms with Gasteiger partial charge in [0.15, 0.2) is 0 Å². The highest BCUT2D eigenvalue weighted by molar-refractivity contribution is 5.74. The fourth-order valence-electron chi connectivity index (χ4n) is 2.24. The van der Waals surface area contributed by atoms with Crippen LogP contribution in [0.3, 0.4) is 0 Å². The maximum atomic E-state index is 11.1. The molecule has 1 fully saturated rings. The van der Waals surface area contributed by atoms with E-state index in [1.165, 1.54) is 7.11 Å². The van der Waals surface area contributed by atoms with Crippen molar-refractivity contribution in [1.29, 1.82) is 0 Å². The molecule has 0 aromatic rings. The molecule has 0 aromatic heterocycles. The van der Waals surface area contributed by atoms with Crippen LogP contribution in [-0.2, 0) is 14.3 Å². The Morgan fingerprint density at radius 3 is 2.47 bits per heavy atom. The zero-order valence-corrected chi connectivity index (χ0v) is 10.1. The van der Waals surface area contributed by atoms with Crippen LogP contribution in [0.25, 0.3) is 0 Å². The van der Waals surface area contributed by atoms with Gasteiger partial charge in [-0.2, -0.15) is 0 Å². The molecule has 1 saturated heterocycles. The summed E-state index contributed by atoms with van der Waals surface area (Å²) in [5, 5.41) is 9.07. The Kier molecular flexibility index (Phi) is 5.37. The average Bonchev–Trinajstić information content (AvgIpc) is 2.26. The normalized spacial score (nSPS) is 20.1. The van der Waals surface area contributed by atoms with E-state index in [1.54, 1.807) is 0 Å². The molecule has 6 heteroatoms. The van der Waals surface area contributed by atoms with E-state index in [9.17, 15) is 9.59 Å². The van der Waals surface area contributed by atoms with Crippen molar-refractivity contribution in [2.45, 2.75) is 25.3 Å². The van der Waals surface area contributed by atoms with Gasteiger partial charge in [-0.3, -0.25) is 14.5 Å². The number of hydrogen-bond donors (Lipinski definition) is 2. The molecule has 6 nitrogen and oxygen atoms in total. The van der Waals surface area contributed by atoms with Crippen LogP contribution in [0.5, 0.6) is 0 Å². The van der Waals surface area contributed by atoms with Crippen molar-refractivity contribution in [2.75, 3.05) is 26.8 Å². The summed E-state index contributed by atoms with van der Waals surface area (Å²) in [6, 6.07) is -0.588. The molecule has 0 aliphatic carbocycles. The minimum absolute atomic E-state index is 0.190. The van der Waals surface area contributed by atoms with Crippen LogP contribution in [0.4, 0.5) is 0 Å². The number of carbonyl (C=O) groups is 2. The number of carboxylic acids is 1. The fraction of sp³-hybridized carbons (Fsp3) is 0.818. The summed E-state index contributed by atoms with van der Waals surface area (Å²) in [6.45, 7) is 1.55. The number of aliphatic carboxylic acids is 1. The summed E-state index contributed by atoms with van der Waals surface area (Å²) < 4.78 is 4.91. The van der Waals surface area contributed by atoms with Crippen LogP contribution in [0.1, 0.15) is 19.3 Å². The standard InChI is InChI=1S/C11H20N2O4/c1-17-7-9(11(15)16)13-4-2-8(3-5-13)6-10(12)14/h8-9H,2-7H2,1H3,(H2,12,14)(H,15,16). The number of methoxy groups -OCH3 is 1. The first-order valence-electron chi connectivity index (χ1n) is 5.78. The van der Waals surface area contributed by atoms with Crippen molar-refractivity contribution < 1.29 is 19.4 Å². The molecule has 1 heterocycles. The van der Waals surface area contributed by atoms with Crippen LogP contribution in [0, 0.1) is 5.92 Å². The van der Waals surface area contributed by atoms with Crippen molar-refractivity contribution in [2.24, 2.45) is 11.7 Å². The molecule has 0 saturated carbocycles. The number of likely N-dealkylation sites (tertiary alicyclic amines) is 1. The molecule has 1 unspecified atom stereocenters. The Morgan fingerprint density at radius 2 is 2.06 bits per heavy atom. The molecule has 1 aliphatic rings. The molecule has 0 bridgehead atoms. The molecule has 1 amide bonds. The van der Waals surface area contributed by atoms with E-state index >= 15 is 0 Å². The predicted molar refractivity (Wildman–Crippen MR) is 61.4 cm³/mol. The summed E-state index contributed by atoms with van der Waals surface area (Å²) in [5.41, 5.74) is 5.15. The summed E-state index contributed by atoms with van der Waals surface area (Å²) >= 11 is 0. The second-order valence-corrected chi connectivity index (χ2v) is 4.46. The molecular weight excluding hydrogens is 224 g/mol. The van der Waals surface area contributed by atoms with Crippen molar-refractivity contribution in [3.63, 3.8) is 0 Å². The van der Waals surface area contributed by atoms with E-state index < -0.39 is 12.0 Å². The molecule has 3 N–H and O–H groups in total. The SMILES string of the molecule is COCC(C(=O)O)N1CCC(CC(N)=O)CC1. The maximum absolute atomic E-state index is 11.1. The Labute approximate surface area is 101 Å². The third kappa shape index (κ3) is 4.32. The molecule has 0 spiro atoms. The zero-order valence-electron chi connectivity index (χ0n) is 10.1. The fourth-order valence-corrected chi connectivity index (χ4v) is 2.24. The first kappa shape index (κ1) is 13.9. The largest absolute Gasteiger partial charge is 0.480 e. The van der Waals surface area contributed by atoms with Crippen LogP contribution < -0.4 is 5.73 Å². The van der Waals surface area contributed by atoms with Gasteiger partial charge in [-0.15, -0.1) is 0 Å². The third-order valence-electron chi connectivity index (χ3n) is 3.19. The molecule has 0 aromatic carbocycles. The van der Waals surface area contributed by atoms with Gasteiger partial charge in [0.2, 0.25) is 5.91 Å². The molecule has 1 aliphatic heterocycles. The van der Waals surface area contributed by atoms with Crippen molar-refractivity contribution >= 4 is 11.9 Å². The van der Waals surface area contributed by atoms with Gasteiger partial charge in [-0.1, -0.05) is 0 Å². The van der Waals surface area contributed by atoms with Crippen LogP contribution in [0.2, 0.25) is 0 Å². The van der Waals surface area contributed by atoms with Crippen LogP contribution >= 0.6 is 0 Å². The van der Waals surface area contributed by atoms with Gasteiger partial charge >= 0.3 is 5.97 Å². The molecule has 0 radical (unpaired) electrons. The number of nitrogens with zero attached hydrogens (tertiary/aromatic N) is 1. The van der Waals surface area contributed by atoms with Gasteiger partial charge in [0.1, 0.15) is 6.04 Å². The number of rotatable bonds is 6. The molecule has 1 rings (SSSR count). The molecule has 1 atom stereocenters. The van der Waals surface area contributed by atoms with Crippen molar-refractivity contribution in [3.05, 3.63) is 0 Å². The van der Waals surface area contributed by atoms with Gasteiger partial charge in [-0.25, -0.2) is 0 Å². The second-order valence-electron chi connectivity index (χ2n) is 4.46. The van der Waals surface area contributed by atoms with Gasteiger partial charge in [0.25, 0.3) is 0 Å². The van der Waals surface area contributed by atoms with Gasteiger partial charge in [0, 0.05) is 13.5 Å². The van der Waals surface area contributed by atoms with E-state index in [0.717, 1.165) is 12.8 Å². The zero-order chi connectivity index (χ0) is 12.8. The van der Waals surface area contributed by atoms with Gasteiger partial charge in [0.05, 0.1) is 6.61 Å². The number of hydrogen-bond acceptors (Lipinski definition) is 4. The summed E-state index contributed by atoms with van der Waals surface area (Å²) in [4.78, 5) is 23.7. The lowest BCUT2D eigenvalue weighted by Crippen LogP contribution is -2.48. The number of piperidine rings is 1. The lowest BCUT2D eigenvalue weighted by atomic mass is 9.92. The average molecular weight is 244 g/mol. The Balaban J connectivity index is 2.43. The van der Waals surface area contributed by atoms with Crippen molar-refractivity contribution in [1.82, 2.24) is 4.90 Å². The first-order valence-corrected chi connectivity index (χ1v) is 5.78. The summed E-state index contributed by atoms with van der Waals surface area (Å²) in [7, 11) is 1.50. The molecule has 17 heavy (non-hydrogen) atoms. The predicted octanol–water partition coefficient (Wildman–Crippen LogP) is -0.327. The van der Waals surface area contributed by atoms with Crippen LogP contribution in [-0.4, -0.2) is 54.7 Å². The number of carbonyl (C=O) groups excluding carboxylic acids is 1. The second kappa shape index (κ2) is 6.56. The van der Waals surface area contributed by atoms with E-state index in [2.05, 4.69) is 0 Å². The summed E-state index contributed by atoms with van der Waals surface area (Å²) in [6.07, 6.45) is 2.03. The minimum atomic E-state index is -0.861. The Morgan fingerprint density at radius 1 is 1.47 bits per heavy atom. The third-order valence-corrected chi connectivity index (χ3v) is 3.19. The highest BCUT2D eigenvalue weighted by Gasteiger charge is 2.29. The number of ether oxygens (including phenoxy) is 1. The Bertz CT molecular complexity index is 275. The number of nitrogens with two attached hydrogens (primary N) is 1. The number of amides is 1. The van der Waals surface area contributed by atoms with E-state index in [-0.39, 0.29) is 12.5 Å². The first-order chi connectivity index (χ1) is 8.04. The van der Waals surface area contributed by atoms with Gasteiger partial charge < -0.3 is 15.6 Å². The minimum Gasteiger partial charge on any atom is -0.480 e. The summed E-state index contributed by atoms with van der Waals surface area (Å²) in [5.74, 6) is -0.851. The number of primary amides is 1. The number of carboxylic acid groups (broad SMARTS) is 1. The van der Waals surface area contributed by atoms with Crippen molar-refractivity contribution in [3.8, 4) is 0 Å². The van der Waals surface area contributed by atoms with Gasteiger partial charge in [-0.05, 0) is 31.8 Å². The monoisotopic (exact) mass is 244 g/mol. The maximum Gasteiger partial charge on any atom is 0.323 e. The molecular formula is C11H20N2O4.